The second kappa shape index (κ2) is 9.87. The van der Waals surface area contributed by atoms with Crippen LogP contribution in [-0.2, 0) is 0 Å². The highest BCUT2D eigenvalue weighted by molar-refractivity contribution is 6.32. The van der Waals surface area contributed by atoms with E-state index in [2.05, 4.69) is 29.4 Å². The molecule has 0 radical (unpaired) electrons. The van der Waals surface area contributed by atoms with E-state index in [1.165, 1.54) is 18.2 Å². The summed E-state index contributed by atoms with van der Waals surface area (Å²) in [5, 5.41) is 5.65. The van der Waals surface area contributed by atoms with Crippen LogP contribution in [0.3, 0.4) is 0 Å². The van der Waals surface area contributed by atoms with Crippen LogP contribution in [0.5, 0.6) is 5.75 Å². The third kappa shape index (κ3) is 5.81. The van der Waals surface area contributed by atoms with Crippen LogP contribution in [0.1, 0.15) is 13.8 Å². The van der Waals surface area contributed by atoms with Crippen molar-refractivity contribution in [3.05, 3.63) is 53.3 Å². The maximum Gasteiger partial charge on any atom is 0.319 e. The molecule has 2 aromatic carbocycles. The standard InChI is InChI=1S/C19H23ClFN3O2/c1-3-24(4-2)16-8-6-15(7-9-16)23-19(25)22-11-12-26-18-10-5-14(21)13-17(18)20/h5-10,13H,3-4,11-12H2,1-2H3,(H2,22,23,25). The molecule has 2 rings (SSSR count). The average Bonchev–Trinajstić information content (AvgIpc) is 2.62. The molecule has 0 spiro atoms. The maximum absolute atomic E-state index is 13.0. The molecule has 2 N–H and O–H groups in total. The van der Waals surface area contributed by atoms with Gasteiger partial charge < -0.3 is 20.3 Å². The van der Waals surface area contributed by atoms with E-state index < -0.39 is 5.82 Å². The van der Waals surface area contributed by atoms with E-state index in [9.17, 15) is 9.18 Å². The average molecular weight is 380 g/mol. The molecular formula is C19H23ClFN3O2. The number of hydrogen-bond acceptors (Lipinski definition) is 3. The number of hydrogen-bond donors (Lipinski definition) is 2. The van der Waals surface area contributed by atoms with Gasteiger partial charge in [-0.25, -0.2) is 9.18 Å². The van der Waals surface area contributed by atoms with E-state index in [0.717, 1.165) is 18.8 Å². The number of carbonyl (C=O) groups excluding carboxylic acids is 1. The predicted molar refractivity (Wildman–Crippen MR) is 104 cm³/mol. The van der Waals surface area contributed by atoms with Crippen LogP contribution in [0.25, 0.3) is 0 Å². The summed E-state index contributed by atoms with van der Waals surface area (Å²) >= 11 is 5.87. The lowest BCUT2D eigenvalue weighted by Gasteiger charge is -2.21. The molecule has 0 aromatic heterocycles. The summed E-state index contributed by atoms with van der Waals surface area (Å²) in [4.78, 5) is 14.1. The number of halogens is 2. The van der Waals surface area contributed by atoms with Gasteiger partial charge in [-0.3, -0.25) is 0 Å². The lowest BCUT2D eigenvalue weighted by Crippen LogP contribution is -2.32. The second-order valence-corrected chi connectivity index (χ2v) is 5.93. The van der Waals surface area contributed by atoms with Gasteiger partial charge in [0.15, 0.2) is 0 Å². The van der Waals surface area contributed by atoms with E-state index in [1.807, 2.05) is 24.3 Å². The van der Waals surface area contributed by atoms with Crippen molar-refractivity contribution >= 4 is 29.0 Å². The summed E-state index contributed by atoms with van der Waals surface area (Å²) in [5.74, 6) is -0.0471. The molecule has 7 heteroatoms. The zero-order valence-electron chi connectivity index (χ0n) is 14.9. The SMILES string of the molecule is CCN(CC)c1ccc(NC(=O)NCCOc2ccc(F)cc2Cl)cc1. The number of amides is 2. The Morgan fingerprint density at radius 3 is 2.46 bits per heavy atom. The summed E-state index contributed by atoms with van der Waals surface area (Å²) in [5.41, 5.74) is 1.83. The van der Waals surface area contributed by atoms with Crippen molar-refractivity contribution in [2.75, 3.05) is 36.5 Å². The van der Waals surface area contributed by atoms with Crippen molar-refractivity contribution in [1.29, 1.82) is 0 Å². The molecular weight excluding hydrogens is 357 g/mol. The lowest BCUT2D eigenvalue weighted by molar-refractivity contribution is 0.247. The van der Waals surface area contributed by atoms with Crippen molar-refractivity contribution < 1.29 is 13.9 Å². The van der Waals surface area contributed by atoms with Crippen LogP contribution in [0, 0.1) is 5.82 Å². The summed E-state index contributed by atoms with van der Waals surface area (Å²) in [6.45, 7) is 6.58. The number of nitrogens with one attached hydrogen (secondary N) is 2. The fourth-order valence-electron chi connectivity index (χ4n) is 2.44. The van der Waals surface area contributed by atoms with Gasteiger partial charge in [0.25, 0.3) is 0 Å². The number of carbonyl (C=O) groups is 1. The molecule has 0 aliphatic carbocycles. The van der Waals surface area contributed by atoms with Gasteiger partial charge in [0.1, 0.15) is 18.2 Å². The molecule has 26 heavy (non-hydrogen) atoms. The highest BCUT2D eigenvalue weighted by Crippen LogP contribution is 2.24. The van der Waals surface area contributed by atoms with Crippen LogP contribution in [0.2, 0.25) is 5.02 Å². The highest BCUT2D eigenvalue weighted by Gasteiger charge is 2.05. The summed E-state index contributed by atoms with van der Waals surface area (Å²) < 4.78 is 18.4. The number of anilines is 2. The molecule has 2 aromatic rings. The molecule has 0 bridgehead atoms. The summed E-state index contributed by atoms with van der Waals surface area (Å²) in [6, 6.07) is 11.3. The molecule has 140 valence electrons. The largest absolute Gasteiger partial charge is 0.490 e. The van der Waals surface area contributed by atoms with E-state index >= 15 is 0 Å². The summed E-state index contributed by atoms with van der Waals surface area (Å²) in [6.07, 6.45) is 0. The zero-order valence-corrected chi connectivity index (χ0v) is 15.6. The fourth-order valence-corrected chi connectivity index (χ4v) is 2.66. The quantitative estimate of drug-likeness (QED) is 0.663. The number of ether oxygens (including phenoxy) is 1. The molecule has 0 atom stereocenters. The maximum atomic E-state index is 13.0. The molecule has 0 fully saturated rings. The van der Waals surface area contributed by atoms with Gasteiger partial charge in [-0.05, 0) is 56.3 Å². The Hall–Kier alpha value is -2.47. The molecule has 2 amide bonds. The minimum absolute atomic E-state index is 0.197. The van der Waals surface area contributed by atoms with Crippen molar-refractivity contribution in [1.82, 2.24) is 5.32 Å². The van der Waals surface area contributed by atoms with Crippen LogP contribution in [-0.4, -0.2) is 32.3 Å². The van der Waals surface area contributed by atoms with Crippen LogP contribution < -0.4 is 20.3 Å². The Morgan fingerprint density at radius 1 is 1.15 bits per heavy atom. The molecule has 0 unspecified atom stereocenters. The normalized spacial score (nSPS) is 10.3. The number of benzene rings is 2. The number of nitrogens with zero attached hydrogens (tertiary/aromatic N) is 1. The highest BCUT2D eigenvalue weighted by atomic mass is 35.5. The molecule has 5 nitrogen and oxygen atoms in total. The van der Waals surface area contributed by atoms with Gasteiger partial charge in [0.05, 0.1) is 11.6 Å². The lowest BCUT2D eigenvalue weighted by atomic mass is 10.2. The predicted octanol–water partition coefficient (Wildman–Crippen LogP) is 4.53. The Morgan fingerprint density at radius 2 is 1.85 bits per heavy atom. The zero-order chi connectivity index (χ0) is 18.9. The minimum Gasteiger partial charge on any atom is -0.490 e. The van der Waals surface area contributed by atoms with Crippen LogP contribution in [0.15, 0.2) is 42.5 Å². The van der Waals surface area contributed by atoms with Gasteiger partial charge >= 0.3 is 6.03 Å². The van der Waals surface area contributed by atoms with Crippen molar-refractivity contribution in [3.63, 3.8) is 0 Å². The first-order valence-corrected chi connectivity index (χ1v) is 8.89. The Balaban J connectivity index is 1.74. The molecule has 0 saturated carbocycles. The van der Waals surface area contributed by atoms with Crippen LogP contribution in [0.4, 0.5) is 20.6 Å². The summed E-state index contributed by atoms with van der Waals surface area (Å²) in [7, 11) is 0. The first kappa shape index (κ1) is 19.8. The van der Waals surface area contributed by atoms with Gasteiger partial charge in [-0.15, -0.1) is 0 Å². The first-order chi connectivity index (χ1) is 12.5. The first-order valence-electron chi connectivity index (χ1n) is 8.51. The third-order valence-electron chi connectivity index (χ3n) is 3.79. The van der Waals surface area contributed by atoms with E-state index in [0.29, 0.717) is 11.4 Å². The monoisotopic (exact) mass is 379 g/mol. The molecule has 0 saturated heterocycles. The van der Waals surface area contributed by atoms with Gasteiger partial charge in [-0.2, -0.15) is 0 Å². The minimum atomic E-state index is -0.424. The number of rotatable bonds is 8. The fraction of sp³-hybridized carbons (Fsp3) is 0.316. The van der Waals surface area contributed by atoms with Crippen LogP contribution >= 0.6 is 11.6 Å². The van der Waals surface area contributed by atoms with Crippen molar-refractivity contribution in [2.45, 2.75) is 13.8 Å². The topological polar surface area (TPSA) is 53.6 Å². The Bertz CT molecular complexity index is 721. The third-order valence-corrected chi connectivity index (χ3v) is 4.09. The second-order valence-electron chi connectivity index (χ2n) is 5.52. The van der Waals surface area contributed by atoms with Gasteiger partial charge in [-0.1, -0.05) is 11.6 Å². The number of urea groups is 1. The van der Waals surface area contributed by atoms with Crippen molar-refractivity contribution in [3.8, 4) is 5.75 Å². The molecule has 0 heterocycles. The Labute approximate surface area is 158 Å². The molecule has 0 aliphatic rings. The molecule has 0 aliphatic heterocycles. The Kier molecular flexibility index (Phi) is 7.53. The van der Waals surface area contributed by atoms with Gasteiger partial charge in [0.2, 0.25) is 0 Å². The van der Waals surface area contributed by atoms with Gasteiger partial charge in [0, 0.05) is 24.5 Å². The van der Waals surface area contributed by atoms with Crippen molar-refractivity contribution in [2.24, 2.45) is 0 Å². The smallest absolute Gasteiger partial charge is 0.319 e. The van der Waals surface area contributed by atoms with E-state index in [1.54, 1.807) is 0 Å². The van der Waals surface area contributed by atoms with E-state index in [4.69, 9.17) is 16.3 Å². The van der Waals surface area contributed by atoms with E-state index in [-0.39, 0.29) is 24.2 Å².